The highest BCUT2D eigenvalue weighted by atomic mass is 35.5. The van der Waals surface area contributed by atoms with Crippen molar-refractivity contribution in [1.82, 2.24) is 10.2 Å². The van der Waals surface area contributed by atoms with E-state index in [1.54, 1.807) is 6.07 Å². The lowest BCUT2D eigenvalue weighted by atomic mass is 9.74. The summed E-state index contributed by atoms with van der Waals surface area (Å²) >= 11 is 11.9. The molecule has 2 fully saturated rings. The monoisotopic (exact) mass is 560 g/mol. The smallest absolute Gasteiger partial charge is 0.430 e. The molecule has 0 unspecified atom stereocenters. The van der Waals surface area contributed by atoms with Crippen LogP contribution in [0.3, 0.4) is 0 Å². The number of halogens is 5. The lowest BCUT2D eigenvalue weighted by molar-refractivity contribution is -0.271. The number of likely N-dealkylation sites (tertiary alicyclic amines) is 1. The fourth-order valence-corrected chi connectivity index (χ4v) is 5.78. The molecule has 4 rings (SSSR count). The molecule has 2 saturated heterocycles. The summed E-state index contributed by atoms with van der Waals surface area (Å²) in [5.74, 6) is -1.05. The normalized spacial score (nSPS) is 21.1. The highest BCUT2D eigenvalue weighted by Gasteiger charge is 2.64. The summed E-state index contributed by atoms with van der Waals surface area (Å²) in [6, 6.07) is 10.6. The first kappa shape index (κ1) is 27.3. The van der Waals surface area contributed by atoms with Gasteiger partial charge in [-0.15, -0.1) is 0 Å². The van der Waals surface area contributed by atoms with Crippen molar-refractivity contribution in [2.75, 3.05) is 33.9 Å². The highest BCUT2D eigenvalue weighted by Crippen LogP contribution is 2.48. The summed E-state index contributed by atoms with van der Waals surface area (Å²) in [4.78, 5) is 26.9. The second-order valence-corrected chi connectivity index (χ2v) is 9.84. The number of rotatable bonds is 5. The van der Waals surface area contributed by atoms with E-state index < -0.39 is 34.9 Å². The maximum Gasteiger partial charge on any atom is 0.430 e. The van der Waals surface area contributed by atoms with Gasteiger partial charge >= 0.3 is 12.3 Å². The zero-order valence-corrected chi connectivity index (χ0v) is 21.5. The number of alkyl carbamates (subject to hydrolysis) is 1. The second kappa shape index (κ2) is 10.2. The number of amides is 2. The van der Waals surface area contributed by atoms with Gasteiger partial charge in [0.2, 0.25) is 0 Å². The zero-order valence-electron chi connectivity index (χ0n) is 20.0. The van der Waals surface area contributed by atoms with Crippen molar-refractivity contribution in [3.05, 3.63) is 63.6 Å². The van der Waals surface area contributed by atoms with Crippen LogP contribution in [-0.4, -0.2) is 62.5 Å². The molecule has 12 heteroatoms. The third kappa shape index (κ3) is 4.82. The minimum atomic E-state index is -5.12. The number of alkyl halides is 3. The number of hydrogen-bond acceptors (Lipinski definition) is 5. The van der Waals surface area contributed by atoms with Gasteiger partial charge in [0.15, 0.2) is 0 Å². The molecule has 2 aromatic carbocycles. The van der Waals surface area contributed by atoms with Crippen molar-refractivity contribution in [2.24, 2.45) is 0 Å². The maximum atomic E-state index is 14.5. The van der Waals surface area contributed by atoms with Crippen molar-refractivity contribution >= 4 is 35.2 Å². The number of nitrogens with zero attached hydrogens (tertiary/aromatic N) is 1. The molecule has 0 radical (unpaired) electrons. The van der Waals surface area contributed by atoms with Crippen LogP contribution in [0.4, 0.5) is 18.0 Å². The van der Waals surface area contributed by atoms with Gasteiger partial charge in [0, 0.05) is 66.7 Å². The molecular weight excluding hydrogens is 536 g/mol. The Morgan fingerprint density at radius 2 is 1.73 bits per heavy atom. The van der Waals surface area contributed by atoms with E-state index in [0.29, 0.717) is 5.75 Å². The summed E-state index contributed by atoms with van der Waals surface area (Å²) in [5.41, 5.74) is -4.09. The Bertz CT molecular complexity index is 1170. The van der Waals surface area contributed by atoms with Gasteiger partial charge in [-0.05, 0) is 24.3 Å². The molecule has 2 aliphatic rings. The van der Waals surface area contributed by atoms with E-state index in [1.807, 2.05) is 18.2 Å². The first-order valence-corrected chi connectivity index (χ1v) is 12.2. The number of nitrogens with one attached hydrogen (secondary N) is 1. The minimum absolute atomic E-state index is 0.0696. The Balaban J connectivity index is 1.66. The number of para-hydroxylation sites is 1. The second-order valence-electron chi connectivity index (χ2n) is 8.96. The summed E-state index contributed by atoms with van der Waals surface area (Å²) < 4.78 is 59.8. The number of benzene rings is 2. The van der Waals surface area contributed by atoms with Gasteiger partial charge in [0.25, 0.3) is 11.5 Å². The quantitative estimate of drug-likeness (QED) is 0.537. The molecule has 2 heterocycles. The minimum Gasteiger partial charge on any atom is -0.496 e. The largest absolute Gasteiger partial charge is 0.496 e. The van der Waals surface area contributed by atoms with Crippen molar-refractivity contribution in [2.45, 2.75) is 36.1 Å². The van der Waals surface area contributed by atoms with Gasteiger partial charge in [-0.3, -0.25) is 4.79 Å². The average molecular weight is 561 g/mol. The Hall–Kier alpha value is -2.69. The SMILES string of the molecule is COc1ccccc1[C@H]1CNC(=O)OC12CCN(C(=O)[C@@](OC)(c1cc(Cl)cc(Cl)c1)C(F)(F)F)CC2. The standard InChI is InChI=1S/C25H25Cl2F3N2O5/c1-35-20-6-4-3-5-18(20)19-14-31-22(34)37-23(19)7-9-32(10-8-23)21(33)24(36-2,25(28,29)30)15-11-16(26)13-17(27)12-15/h3-6,11-13,19H,7-10,14H2,1-2H3,(H,31,34)/t19-,24+/m1/s1. The third-order valence-corrected chi connectivity index (χ3v) is 7.50. The molecule has 2 amide bonds. The van der Waals surface area contributed by atoms with Crippen LogP contribution in [0.25, 0.3) is 0 Å². The highest BCUT2D eigenvalue weighted by molar-refractivity contribution is 6.34. The van der Waals surface area contributed by atoms with Crippen molar-refractivity contribution in [3.8, 4) is 5.75 Å². The summed E-state index contributed by atoms with van der Waals surface area (Å²) in [6.07, 6.45) is -5.52. The van der Waals surface area contributed by atoms with Crippen LogP contribution in [0.5, 0.6) is 5.75 Å². The van der Waals surface area contributed by atoms with Crippen LogP contribution in [0.1, 0.15) is 29.9 Å². The van der Waals surface area contributed by atoms with Gasteiger partial charge in [-0.2, -0.15) is 13.2 Å². The van der Waals surface area contributed by atoms with Gasteiger partial charge in [0.05, 0.1) is 7.11 Å². The summed E-state index contributed by atoms with van der Waals surface area (Å²) in [7, 11) is 2.34. The topological polar surface area (TPSA) is 77.1 Å². The fraction of sp³-hybridized carbons (Fsp3) is 0.440. The fourth-order valence-electron chi connectivity index (χ4n) is 5.26. The predicted molar refractivity (Wildman–Crippen MR) is 130 cm³/mol. The molecule has 0 saturated carbocycles. The first-order chi connectivity index (χ1) is 17.5. The van der Waals surface area contributed by atoms with Crippen LogP contribution in [0.2, 0.25) is 10.0 Å². The van der Waals surface area contributed by atoms with Crippen LogP contribution in [0, 0.1) is 0 Å². The number of carbonyl (C=O) groups is 2. The van der Waals surface area contributed by atoms with Crippen molar-refractivity contribution in [3.63, 3.8) is 0 Å². The molecule has 1 N–H and O–H groups in total. The van der Waals surface area contributed by atoms with Crippen molar-refractivity contribution < 1.29 is 37.0 Å². The van der Waals surface area contributed by atoms with Gasteiger partial charge < -0.3 is 24.4 Å². The number of hydrogen-bond donors (Lipinski definition) is 1. The summed E-state index contributed by atoms with van der Waals surface area (Å²) in [5, 5.41) is 2.54. The van der Waals surface area contributed by atoms with Crippen LogP contribution >= 0.6 is 23.2 Å². The lowest BCUT2D eigenvalue weighted by Crippen LogP contribution is -2.62. The molecule has 2 atom stereocenters. The number of ether oxygens (including phenoxy) is 3. The predicted octanol–water partition coefficient (Wildman–Crippen LogP) is 5.29. The Morgan fingerprint density at radius 3 is 2.30 bits per heavy atom. The maximum absolute atomic E-state index is 14.5. The van der Waals surface area contributed by atoms with E-state index in [2.05, 4.69) is 5.32 Å². The molecular formula is C25H25Cl2F3N2O5. The Morgan fingerprint density at radius 1 is 1.11 bits per heavy atom. The van der Waals surface area contributed by atoms with E-state index in [9.17, 15) is 22.8 Å². The van der Waals surface area contributed by atoms with E-state index in [-0.39, 0.29) is 48.4 Å². The zero-order chi connectivity index (χ0) is 27.0. The summed E-state index contributed by atoms with van der Waals surface area (Å²) in [6.45, 7) is 0.0409. The Labute approximate surface area is 221 Å². The number of methoxy groups -OCH3 is 2. The lowest BCUT2D eigenvalue weighted by Gasteiger charge is -2.49. The van der Waals surface area contributed by atoms with E-state index >= 15 is 0 Å². The molecule has 200 valence electrons. The van der Waals surface area contributed by atoms with E-state index in [1.165, 1.54) is 13.2 Å². The molecule has 2 aliphatic heterocycles. The molecule has 0 aliphatic carbocycles. The molecule has 2 aromatic rings. The van der Waals surface area contributed by atoms with Crippen molar-refractivity contribution in [1.29, 1.82) is 0 Å². The van der Waals surface area contributed by atoms with Crippen LogP contribution in [0.15, 0.2) is 42.5 Å². The molecule has 1 spiro atoms. The van der Waals surface area contributed by atoms with Gasteiger partial charge in [-0.1, -0.05) is 41.4 Å². The average Bonchev–Trinajstić information content (AvgIpc) is 2.84. The molecule has 0 bridgehead atoms. The molecule has 7 nitrogen and oxygen atoms in total. The van der Waals surface area contributed by atoms with E-state index in [4.69, 9.17) is 37.4 Å². The van der Waals surface area contributed by atoms with Crippen LogP contribution in [-0.2, 0) is 19.9 Å². The van der Waals surface area contributed by atoms with E-state index in [0.717, 1.165) is 29.7 Å². The van der Waals surface area contributed by atoms with Gasteiger partial charge in [-0.25, -0.2) is 4.79 Å². The Kier molecular flexibility index (Phi) is 7.56. The number of carbonyl (C=O) groups excluding carboxylic acids is 2. The van der Waals surface area contributed by atoms with Gasteiger partial charge in [0.1, 0.15) is 11.4 Å². The molecule has 0 aromatic heterocycles. The first-order valence-electron chi connectivity index (χ1n) is 11.4. The van der Waals surface area contributed by atoms with Crippen LogP contribution < -0.4 is 10.1 Å². The third-order valence-electron chi connectivity index (χ3n) is 7.07. The number of piperidine rings is 1. The molecule has 37 heavy (non-hydrogen) atoms.